The molecule has 7 atom stereocenters. The average Bonchev–Trinajstić information content (AvgIpc) is 3.21. The molecule has 5 nitrogen and oxygen atoms in total. The zero-order chi connectivity index (χ0) is 17.8. The fraction of sp³-hybridized carbons (Fsp3) is 0.667. The Morgan fingerprint density at radius 3 is 2.92 bits per heavy atom. The first-order chi connectivity index (χ1) is 12.5. The van der Waals surface area contributed by atoms with Crippen molar-refractivity contribution >= 4 is 11.6 Å². The van der Waals surface area contributed by atoms with Gasteiger partial charge in [0.25, 0.3) is 0 Å². The minimum absolute atomic E-state index is 0.0242. The van der Waals surface area contributed by atoms with Crippen LogP contribution in [-0.2, 0) is 14.9 Å². The first-order valence-electron chi connectivity index (χ1n) is 9.95. The molecular weight excluding hydrogens is 328 g/mol. The van der Waals surface area contributed by atoms with Crippen LogP contribution in [0.1, 0.15) is 38.2 Å². The van der Waals surface area contributed by atoms with Crippen molar-refractivity contribution in [3.63, 3.8) is 0 Å². The van der Waals surface area contributed by atoms with Gasteiger partial charge in [0.1, 0.15) is 0 Å². The number of carbonyl (C=O) groups excluding carboxylic acids is 1. The number of likely N-dealkylation sites (N-methyl/N-ethyl adjacent to an activating group) is 1. The molecule has 1 aliphatic carbocycles. The van der Waals surface area contributed by atoms with Gasteiger partial charge in [-0.25, -0.2) is 0 Å². The normalized spacial score (nSPS) is 49.0. The molecule has 1 saturated carbocycles. The van der Waals surface area contributed by atoms with Crippen LogP contribution in [0.4, 0.5) is 5.69 Å². The number of nitrogens with zero attached hydrogens (tertiary/aromatic N) is 2. The fourth-order valence-corrected chi connectivity index (χ4v) is 7.54. The maximum Gasteiger partial charge on any atom is 0.228 e. The maximum atomic E-state index is 13.3. The number of amides is 1. The number of benzene rings is 1. The molecule has 6 rings (SSSR count). The summed E-state index contributed by atoms with van der Waals surface area (Å²) in [6.07, 6.45) is 2.65. The molecular formula is C21H26N2O3. The topological polar surface area (TPSA) is 53.0 Å². The summed E-state index contributed by atoms with van der Waals surface area (Å²) in [5.74, 6) is 0.491. The Kier molecular flexibility index (Phi) is 2.82. The second-order valence-electron chi connectivity index (χ2n) is 9.23. The van der Waals surface area contributed by atoms with Gasteiger partial charge in [-0.3, -0.25) is 4.79 Å². The third kappa shape index (κ3) is 1.47. The number of aliphatic hydroxyl groups excluding tert-OH is 1. The summed E-state index contributed by atoms with van der Waals surface area (Å²) in [7, 11) is 2.23. The summed E-state index contributed by atoms with van der Waals surface area (Å²) >= 11 is 0. The van der Waals surface area contributed by atoms with Gasteiger partial charge in [0, 0.05) is 23.6 Å². The Bertz CT molecular complexity index is 812. The molecule has 0 aromatic heterocycles. The molecule has 1 aromatic carbocycles. The predicted molar refractivity (Wildman–Crippen MR) is 96.8 cm³/mol. The summed E-state index contributed by atoms with van der Waals surface area (Å²) in [5.41, 5.74) is 1.85. The number of ether oxygens (including phenoxy) is 1. The summed E-state index contributed by atoms with van der Waals surface area (Å²) in [6, 6.07) is 8.91. The summed E-state index contributed by atoms with van der Waals surface area (Å²) < 4.78 is 5.97. The lowest BCUT2D eigenvalue weighted by Gasteiger charge is -2.59. The smallest absolute Gasteiger partial charge is 0.228 e. The average molecular weight is 354 g/mol. The van der Waals surface area contributed by atoms with E-state index in [0.29, 0.717) is 18.4 Å². The molecule has 4 aliphatic heterocycles. The van der Waals surface area contributed by atoms with E-state index in [-0.39, 0.29) is 23.5 Å². The molecule has 4 fully saturated rings. The number of hydrogen-bond donors (Lipinski definition) is 1. The predicted octanol–water partition coefficient (Wildman–Crippen LogP) is 1.88. The Balaban J connectivity index is 1.64. The highest BCUT2D eigenvalue weighted by Gasteiger charge is 2.76. The molecule has 2 spiro atoms. The summed E-state index contributed by atoms with van der Waals surface area (Å²) in [6.45, 7) is 3.10. The lowest BCUT2D eigenvalue weighted by atomic mass is 9.49. The van der Waals surface area contributed by atoms with Gasteiger partial charge >= 0.3 is 0 Å². The van der Waals surface area contributed by atoms with Gasteiger partial charge in [-0.05, 0) is 57.3 Å². The van der Waals surface area contributed by atoms with Gasteiger partial charge in [0.15, 0.2) is 6.29 Å². The minimum Gasteiger partial charge on any atom is -0.367 e. The van der Waals surface area contributed by atoms with Crippen molar-refractivity contribution in [1.82, 2.24) is 4.90 Å². The van der Waals surface area contributed by atoms with Crippen molar-refractivity contribution in [2.75, 3.05) is 18.5 Å². The van der Waals surface area contributed by atoms with E-state index in [2.05, 4.69) is 35.0 Å². The van der Waals surface area contributed by atoms with E-state index < -0.39 is 11.7 Å². The molecule has 5 heteroatoms. The first kappa shape index (κ1) is 15.6. The molecule has 3 saturated heterocycles. The number of anilines is 1. The molecule has 4 heterocycles. The van der Waals surface area contributed by atoms with E-state index >= 15 is 0 Å². The number of hydrogen-bond acceptors (Lipinski definition) is 4. The maximum absolute atomic E-state index is 13.3. The lowest BCUT2D eigenvalue weighted by Crippen LogP contribution is -2.68. The summed E-state index contributed by atoms with van der Waals surface area (Å²) in [4.78, 5) is 17.8. The molecule has 26 heavy (non-hydrogen) atoms. The van der Waals surface area contributed by atoms with Gasteiger partial charge in [0.2, 0.25) is 5.91 Å². The van der Waals surface area contributed by atoms with Gasteiger partial charge < -0.3 is 19.6 Å². The van der Waals surface area contributed by atoms with E-state index in [1.54, 1.807) is 0 Å². The number of aliphatic hydroxyl groups is 1. The van der Waals surface area contributed by atoms with Crippen LogP contribution in [0.5, 0.6) is 0 Å². The summed E-state index contributed by atoms with van der Waals surface area (Å²) in [5, 5.41) is 11.2. The van der Waals surface area contributed by atoms with Crippen LogP contribution in [0.15, 0.2) is 24.3 Å². The number of fused-ring (bicyclic) bond motifs is 2. The quantitative estimate of drug-likeness (QED) is 0.773. The molecule has 1 amide bonds. The van der Waals surface area contributed by atoms with Crippen molar-refractivity contribution in [1.29, 1.82) is 0 Å². The third-order valence-electron chi connectivity index (χ3n) is 8.36. The minimum atomic E-state index is -0.853. The zero-order valence-corrected chi connectivity index (χ0v) is 15.4. The van der Waals surface area contributed by atoms with E-state index in [9.17, 15) is 9.90 Å². The molecule has 0 bridgehead atoms. The van der Waals surface area contributed by atoms with Crippen LogP contribution < -0.4 is 4.90 Å². The highest BCUT2D eigenvalue weighted by atomic mass is 16.6. The second-order valence-corrected chi connectivity index (χ2v) is 9.23. The highest BCUT2D eigenvalue weighted by Crippen LogP contribution is 2.70. The Hall–Kier alpha value is -1.43. The van der Waals surface area contributed by atoms with E-state index in [1.165, 1.54) is 5.56 Å². The Labute approximate surface area is 153 Å². The zero-order valence-electron chi connectivity index (χ0n) is 15.4. The van der Waals surface area contributed by atoms with Crippen LogP contribution in [-0.4, -0.2) is 54.0 Å². The SMILES string of the molecule is CC1CC2CC3N(C)CCC34c3ccccc3N3C(=O)CC2(C(O)O1)C34. The standard InChI is InChI=1S/C21H26N2O3/c1-12-9-13-10-16-20(7-8-22(16)2)14-5-3-4-6-15(14)23-17(24)11-21(13,18(20)23)19(25)26-12/h3-6,12-13,16,18-19,25H,7-11H2,1-2H3. The Morgan fingerprint density at radius 1 is 1.27 bits per heavy atom. The van der Waals surface area contributed by atoms with Gasteiger partial charge in [-0.1, -0.05) is 18.2 Å². The van der Waals surface area contributed by atoms with Crippen molar-refractivity contribution < 1.29 is 14.6 Å². The Morgan fingerprint density at radius 2 is 2.08 bits per heavy atom. The number of rotatable bonds is 0. The number of carbonyl (C=O) groups is 1. The van der Waals surface area contributed by atoms with E-state index in [4.69, 9.17) is 4.74 Å². The van der Waals surface area contributed by atoms with Crippen molar-refractivity contribution in [3.05, 3.63) is 29.8 Å². The molecule has 7 unspecified atom stereocenters. The van der Waals surface area contributed by atoms with E-state index in [0.717, 1.165) is 31.5 Å². The van der Waals surface area contributed by atoms with Crippen LogP contribution >= 0.6 is 0 Å². The van der Waals surface area contributed by atoms with Gasteiger partial charge in [-0.15, -0.1) is 0 Å². The van der Waals surface area contributed by atoms with Crippen molar-refractivity contribution in [3.8, 4) is 0 Å². The highest BCUT2D eigenvalue weighted by molar-refractivity contribution is 6.01. The largest absolute Gasteiger partial charge is 0.367 e. The first-order valence-corrected chi connectivity index (χ1v) is 9.95. The molecule has 1 aromatic rings. The van der Waals surface area contributed by atoms with Crippen molar-refractivity contribution in [2.24, 2.45) is 11.3 Å². The van der Waals surface area contributed by atoms with Crippen LogP contribution in [0.2, 0.25) is 0 Å². The van der Waals surface area contributed by atoms with Gasteiger partial charge in [0.05, 0.1) is 17.6 Å². The third-order valence-corrected chi connectivity index (χ3v) is 8.36. The van der Waals surface area contributed by atoms with Crippen LogP contribution in [0.3, 0.4) is 0 Å². The van der Waals surface area contributed by atoms with Gasteiger partial charge in [-0.2, -0.15) is 0 Å². The van der Waals surface area contributed by atoms with E-state index in [1.807, 2.05) is 13.0 Å². The lowest BCUT2D eigenvalue weighted by molar-refractivity contribution is -0.267. The number of para-hydroxylation sites is 1. The fourth-order valence-electron chi connectivity index (χ4n) is 7.54. The monoisotopic (exact) mass is 354 g/mol. The molecule has 0 radical (unpaired) electrons. The second kappa shape index (κ2) is 4.70. The number of likely N-dealkylation sites (tertiary alicyclic amines) is 1. The van der Waals surface area contributed by atoms with Crippen LogP contribution in [0.25, 0.3) is 0 Å². The molecule has 1 N–H and O–H groups in total. The molecule has 138 valence electrons. The van der Waals surface area contributed by atoms with Crippen molar-refractivity contribution in [2.45, 2.75) is 62.5 Å². The van der Waals surface area contributed by atoms with Crippen LogP contribution in [0, 0.1) is 11.3 Å². The molecule has 5 aliphatic rings.